The minimum absolute atomic E-state index is 0.222. The molecule has 1 aliphatic heterocycles. The molecule has 1 saturated heterocycles. The number of amides is 2. The van der Waals surface area contributed by atoms with Crippen molar-refractivity contribution in [3.63, 3.8) is 0 Å². The predicted octanol–water partition coefficient (Wildman–Crippen LogP) is 3.10. The maximum atomic E-state index is 12.1. The zero-order chi connectivity index (χ0) is 18.5. The van der Waals surface area contributed by atoms with Crippen LogP contribution in [0.3, 0.4) is 0 Å². The maximum absolute atomic E-state index is 12.1. The second-order valence-corrected chi connectivity index (χ2v) is 8.13. The maximum Gasteiger partial charge on any atom is 0.321 e. The molecule has 9 heteroatoms. The van der Waals surface area contributed by atoms with Crippen LogP contribution >= 0.6 is 23.1 Å². The van der Waals surface area contributed by atoms with E-state index in [-0.39, 0.29) is 18.2 Å². The van der Waals surface area contributed by atoms with E-state index in [1.54, 1.807) is 0 Å². The molecule has 2 atom stereocenters. The van der Waals surface area contributed by atoms with Crippen LogP contribution in [0.5, 0.6) is 0 Å². The Morgan fingerprint density at radius 2 is 2.23 bits per heavy atom. The van der Waals surface area contributed by atoms with Crippen LogP contribution in [-0.2, 0) is 4.74 Å². The fourth-order valence-corrected chi connectivity index (χ4v) is 4.40. The second kappa shape index (κ2) is 8.68. The van der Waals surface area contributed by atoms with Gasteiger partial charge >= 0.3 is 6.03 Å². The van der Waals surface area contributed by atoms with Gasteiger partial charge in [0.15, 0.2) is 5.13 Å². The van der Waals surface area contributed by atoms with Gasteiger partial charge in [0.25, 0.3) is 0 Å². The van der Waals surface area contributed by atoms with Crippen molar-refractivity contribution in [1.82, 2.24) is 15.2 Å². The van der Waals surface area contributed by atoms with Gasteiger partial charge in [0, 0.05) is 31.1 Å². The van der Waals surface area contributed by atoms with Gasteiger partial charge in [0.1, 0.15) is 5.40 Å². The molecular weight excluding hydrogens is 370 g/mol. The Hall–Kier alpha value is -1.86. The first kappa shape index (κ1) is 18.9. The summed E-state index contributed by atoms with van der Waals surface area (Å²) in [5.74, 6) is 0. The number of fused-ring (bicyclic) bond motifs is 1. The number of hydrogen-bond donors (Lipinski definition) is 2. The average molecular weight is 392 g/mol. The Kier molecular flexibility index (Phi) is 6.32. The number of rotatable bonds is 5. The van der Waals surface area contributed by atoms with E-state index in [4.69, 9.17) is 10.00 Å². The van der Waals surface area contributed by atoms with Gasteiger partial charge in [-0.1, -0.05) is 11.3 Å². The molecule has 2 unspecified atom stereocenters. The van der Waals surface area contributed by atoms with Crippen molar-refractivity contribution >= 4 is 44.5 Å². The quantitative estimate of drug-likeness (QED) is 0.601. The number of anilines is 1. The molecule has 2 amide bonds. The zero-order valence-corrected chi connectivity index (χ0v) is 16.3. The fourth-order valence-electron chi connectivity index (χ4n) is 3.01. The number of nitriles is 1. The number of benzene rings is 1. The van der Waals surface area contributed by atoms with Crippen LogP contribution in [0.1, 0.15) is 13.8 Å². The SMILES string of the molecule is CC1CN(CCNC(=O)Nc2nc3ccc(SC#N)cc3s2)CC(C)O1. The first-order valence-electron chi connectivity index (χ1n) is 8.42. The minimum Gasteiger partial charge on any atom is -0.373 e. The number of carbonyl (C=O) groups is 1. The van der Waals surface area contributed by atoms with Crippen molar-refractivity contribution in [2.75, 3.05) is 31.5 Å². The first-order chi connectivity index (χ1) is 12.5. The van der Waals surface area contributed by atoms with Crippen molar-refractivity contribution in [2.45, 2.75) is 31.0 Å². The van der Waals surface area contributed by atoms with Crippen LogP contribution < -0.4 is 10.6 Å². The number of urea groups is 1. The third kappa shape index (κ3) is 5.08. The van der Waals surface area contributed by atoms with Crippen LogP contribution in [0.25, 0.3) is 10.2 Å². The van der Waals surface area contributed by atoms with Crippen LogP contribution in [-0.4, -0.2) is 54.3 Å². The van der Waals surface area contributed by atoms with Gasteiger partial charge in [-0.3, -0.25) is 10.2 Å². The van der Waals surface area contributed by atoms with Gasteiger partial charge in [-0.15, -0.1) is 0 Å². The molecule has 26 heavy (non-hydrogen) atoms. The monoisotopic (exact) mass is 391 g/mol. The van der Waals surface area contributed by atoms with E-state index in [0.29, 0.717) is 11.7 Å². The van der Waals surface area contributed by atoms with E-state index in [0.717, 1.165) is 46.5 Å². The summed E-state index contributed by atoms with van der Waals surface area (Å²) in [6.45, 7) is 7.26. The number of thiocyanates is 1. The number of thioether (sulfide) groups is 1. The molecule has 7 nitrogen and oxygen atoms in total. The summed E-state index contributed by atoms with van der Waals surface area (Å²) in [6, 6.07) is 5.36. The fraction of sp³-hybridized carbons (Fsp3) is 0.471. The average Bonchev–Trinajstić information content (AvgIpc) is 2.95. The molecule has 0 spiro atoms. The minimum atomic E-state index is -0.259. The number of thiazole rings is 1. The highest BCUT2D eigenvalue weighted by Crippen LogP contribution is 2.29. The second-order valence-electron chi connectivity index (χ2n) is 6.24. The van der Waals surface area contributed by atoms with Gasteiger partial charge < -0.3 is 10.1 Å². The van der Waals surface area contributed by atoms with Crippen LogP contribution in [0.2, 0.25) is 0 Å². The van der Waals surface area contributed by atoms with Crippen LogP contribution in [0.15, 0.2) is 23.1 Å². The lowest BCUT2D eigenvalue weighted by Gasteiger charge is -2.35. The first-order valence-corrected chi connectivity index (χ1v) is 10.1. The number of hydrogen-bond acceptors (Lipinski definition) is 7. The number of aromatic nitrogens is 1. The highest BCUT2D eigenvalue weighted by Gasteiger charge is 2.21. The standard InChI is InChI=1S/C17H21N5O2S2/c1-11-8-22(9-12(2)24-11)6-5-19-16(23)21-17-20-14-4-3-13(25-10-18)7-15(14)26-17/h3-4,7,11-12H,5-6,8-9H2,1-2H3,(H2,19,20,21,23). The Labute approximate surface area is 160 Å². The normalized spacial score (nSPS) is 20.7. The summed E-state index contributed by atoms with van der Waals surface area (Å²) >= 11 is 2.50. The lowest BCUT2D eigenvalue weighted by atomic mass is 10.2. The van der Waals surface area contributed by atoms with Gasteiger partial charge in [-0.05, 0) is 43.8 Å². The van der Waals surface area contributed by atoms with E-state index >= 15 is 0 Å². The van der Waals surface area contributed by atoms with Gasteiger partial charge in [-0.2, -0.15) is 5.26 Å². The number of nitrogens with one attached hydrogen (secondary N) is 2. The molecular formula is C17H21N5O2S2. The van der Waals surface area contributed by atoms with Gasteiger partial charge in [0.2, 0.25) is 0 Å². The lowest BCUT2D eigenvalue weighted by molar-refractivity contribution is -0.0672. The number of nitrogens with zero attached hydrogens (tertiary/aromatic N) is 3. The molecule has 0 aliphatic carbocycles. The van der Waals surface area contributed by atoms with E-state index in [1.807, 2.05) is 18.2 Å². The summed E-state index contributed by atoms with van der Waals surface area (Å²) < 4.78 is 6.65. The highest BCUT2D eigenvalue weighted by molar-refractivity contribution is 8.03. The molecule has 138 valence electrons. The van der Waals surface area contributed by atoms with E-state index < -0.39 is 0 Å². The van der Waals surface area contributed by atoms with E-state index in [1.165, 1.54) is 11.3 Å². The summed E-state index contributed by atoms with van der Waals surface area (Å²) in [5, 5.41) is 17.0. The Morgan fingerprint density at radius 1 is 1.46 bits per heavy atom. The highest BCUT2D eigenvalue weighted by atomic mass is 32.2. The van der Waals surface area contributed by atoms with Crippen molar-refractivity contribution in [1.29, 1.82) is 5.26 Å². The Balaban J connectivity index is 1.49. The van der Waals surface area contributed by atoms with Crippen LogP contribution in [0.4, 0.5) is 9.93 Å². The van der Waals surface area contributed by atoms with Crippen molar-refractivity contribution in [3.8, 4) is 5.40 Å². The molecule has 1 aromatic heterocycles. The lowest BCUT2D eigenvalue weighted by Crippen LogP contribution is -2.48. The van der Waals surface area contributed by atoms with Crippen molar-refractivity contribution < 1.29 is 9.53 Å². The van der Waals surface area contributed by atoms with Gasteiger partial charge in [-0.25, -0.2) is 9.78 Å². The molecule has 2 aromatic rings. The number of carbonyl (C=O) groups excluding carboxylic acids is 1. The molecule has 2 heterocycles. The molecule has 0 radical (unpaired) electrons. The molecule has 0 saturated carbocycles. The van der Waals surface area contributed by atoms with Gasteiger partial charge in [0.05, 0.1) is 22.4 Å². The molecule has 2 N–H and O–H groups in total. The van der Waals surface area contributed by atoms with Crippen LogP contribution in [0, 0.1) is 10.7 Å². The Morgan fingerprint density at radius 3 is 2.96 bits per heavy atom. The summed E-state index contributed by atoms with van der Waals surface area (Å²) in [7, 11) is 0. The molecule has 1 aliphatic rings. The summed E-state index contributed by atoms with van der Waals surface area (Å²) in [4.78, 5) is 19.6. The summed E-state index contributed by atoms with van der Waals surface area (Å²) in [5.41, 5.74) is 0.809. The van der Waals surface area contributed by atoms with Crippen molar-refractivity contribution in [3.05, 3.63) is 18.2 Å². The molecule has 0 bridgehead atoms. The number of morpholine rings is 1. The molecule has 1 fully saturated rings. The summed E-state index contributed by atoms with van der Waals surface area (Å²) in [6.07, 6.45) is 0.443. The molecule has 1 aromatic carbocycles. The van der Waals surface area contributed by atoms with E-state index in [2.05, 4.69) is 39.8 Å². The third-order valence-corrected chi connectivity index (χ3v) is 5.47. The Bertz CT molecular complexity index is 809. The number of ether oxygens (including phenoxy) is 1. The third-order valence-electron chi connectivity index (χ3n) is 3.95. The van der Waals surface area contributed by atoms with E-state index in [9.17, 15) is 4.79 Å². The van der Waals surface area contributed by atoms with Crippen molar-refractivity contribution in [2.24, 2.45) is 0 Å². The zero-order valence-electron chi connectivity index (χ0n) is 14.7. The smallest absolute Gasteiger partial charge is 0.321 e. The predicted molar refractivity (Wildman–Crippen MR) is 105 cm³/mol. The topological polar surface area (TPSA) is 90.3 Å². The largest absolute Gasteiger partial charge is 0.373 e. The molecule has 3 rings (SSSR count).